The van der Waals surface area contributed by atoms with Crippen LogP contribution in [0.3, 0.4) is 0 Å². The van der Waals surface area contributed by atoms with Gasteiger partial charge >= 0.3 is 0 Å². The van der Waals surface area contributed by atoms with E-state index in [0.717, 1.165) is 25.9 Å². The highest BCUT2D eigenvalue weighted by Crippen LogP contribution is 2.30. The molecule has 0 spiro atoms. The Morgan fingerprint density at radius 1 is 1.47 bits per heavy atom. The summed E-state index contributed by atoms with van der Waals surface area (Å²) in [5.41, 5.74) is 11.7. The van der Waals surface area contributed by atoms with Crippen molar-refractivity contribution < 1.29 is 4.79 Å². The number of nitrogens with two attached hydrogens (primary N) is 2. The van der Waals surface area contributed by atoms with Crippen molar-refractivity contribution in [3.63, 3.8) is 0 Å². The number of carbonyl (C=O) groups is 1. The normalized spacial score (nSPS) is 17.1. The van der Waals surface area contributed by atoms with Gasteiger partial charge in [-0.1, -0.05) is 11.6 Å². The van der Waals surface area contributed by atoms with Gasteiger partial charge in [-0.25, -0.2) is 4.98 Å². The van der Waals surface area contributed by atoms with E-state index in [1.54, 1.807) is 12.3 Å². The molecule has 0 radical (unpaired) electrons. The van der Waals surface area contributed by atoms with E-state index in [9.17, 15) is 4.79 Å². The van der Waals surface area contributed by atoms with E-state index in [2.05, 4.69) is 4.98 Å². The number of primary amides is 1. The molecule has 1 aliphatic heterocycles. The van der Waals surface area contributed by atoms with Crippen LogP contribution in [0.25, 0.3) is 0 Å². The maximum absolute atomic E-state index is 11.1. The standard InChI is InChI=1S/C11H15ClN4O/c12-8-1-4-15-11(9(8)13)16-5-2-7(3-6-16)10(14)17/h1,4,7H,2-3,5-6,13H2,(H2,14,17). The van der Waals surface area contributed by atoms with Crippen LogP contribution in [0.5, 0.6) is 0 Å². The van der Waals surface area contributed by atoms with Gasteiger partial charge in [-0.05, 0) is 18.9 Å². The predicted octanol–water partition coefficient (Wildman–Crippen LogP) is 1.02. The highest BCUT2D eigenvalue weighted by Gasteiger charge is 2.25. The van der Waals surface area contributed by atoms with Gasteiger partial charge in [-0.2, -0.15) is 0 Å². The molecule has 2 rings (SSSR count). The minimum atomic E-state index is -0.225. The van der Waals surface area contributed by atoms with Gasteiger partial charge in [0.1, 0.15) is 0 Å². The molecule has 4 N–H and O–H groups in total. The van der Waals surface area contributed by atoms with Crippen LogP contribution in [-0.4, -0.2) is 24.0 Å². The van der Waals surface area contributed by atoms with E-state index < -0.39 is 0 Å². The Bertz CT molecular complexity index is 429. The van der Waals surface area contributed by atoms with Gasteiger partial charge in [-0.15, -0.1) is 0 Å². The van der Waals surface area contributed by atoms with Crippen molar-refractivity contribution in [3.05, 3.63) is 17.3 Å². The lowest BCUT2D eigenvalue weighted by atomic mass is 9.96. The van der Waals surface area contributed by atoms with Crippen molar-refractivity contribution in [2.45, 2.75) is 12.8 Å². The number of aromatic nitrogens is 1. The number of hydrogen-bond donors (Lipinski definition) is 2. The fraction of sp³-hybridized carbons (Fsp3) is 0.455. The highest BCUT2D eigenvalue weighted by atomic mass is 35.5. The number of nitrogens with zero attached hydrogens (tertiary/aromatic N) is 2. The van der Waals surface area contributed by atoms with Crippen LogP contribution >= 0.6 is 11.6 Å². The van der Waals surface area contributed by atoms with Gasteiger partial charge in [0, 0.05) is 25.2 Å². The van der Waals surface area contributed by atoms with Crippen LogP contribution in [0.2, 0.25) is 5.02 Å². The molecule has 5 nitrogen and oxygen atoms in total. The molecule has 17 heavy (non-hydrogen) atoms. The van der Waals surface area contributed by atoms with E-state index in [0.29, 0.717) is 16.5 Å². The first-order valence-corrected chi connectivity index (χ1v) is 5.91. The van der Waals surface area contributed by atoms with Crippen LogP contribution in [0.4, 0.5) is 11.5 Å². The molecule has 1 aliphatic rings. The van der Waals surface area contributed by atoms with Gasteiger partial charge < -0.3 is 16.4 Å². The molecule has 92 valence electrons. The van der Waals surface area contributed by atoms with Crippen molar-refractivity contribution >= 4 is 29.0 Å². The van der Waals surface area contributed by atoms with Crippen molar-refractivity contribution in [1.29, 1.82) is 0 Å². The van der Waals surface area contributed by atoms with Gasteiger partial charge in [0.05, 0.1) is 10.7 Å². The number of carbonyl (C=O) groups excluding carboxylic acids is 1. The Morgan fingerprint density at radius 2 is 2.12 bits per heavy atom. The quantitative estimate of drug-likeness (QED) is 0.825. The molecular weight excluding hydrogens is 240 g/mol. The lowest BCUT2D eigenvalue weighted by Gasteiger charge is -2.32. The summed E-state index contributed by atoms with van der Waals surface area (Å²) in [6.07, 6.45) is 3.11. The first-order valence-electron chi connectivity index (χ1n) is 5.54. The van der Waals surface area contributed by atoms with E-state index >= 15 is 0 Å². The average Bonchev–Trinajstić information content (AvgIpc) is 2.33. The first kappa shape index (κ1) is 12.0. The SMILES string of the molecule is NC(=O)C1CCN(c2nccc(Cl)c2N)CC1. The van der Waals surface area contributed by atoms with Crippen molar-refractivity contribution in [2.75, 3.05) is 23.7 Å². The summed E-state index contributed by atoms with van der Waals surface area (Å²) in [4.78, 5) is 17.3. The monoisotopic (exact) mass is 254 g/mol. The summed E-state index contributed by atoms with van der Waals surface area (Å²) >= 11 is 5.95. The zero-order valence-corrected chi connectivity index (χ0v) is 10.2. The zero-order valence-electron chi connectivity index (χ0n) is 9.40. The minimum absolute atomic E-state index is 0.0355. The van der Waals surface area contributed by atoms with E-state index in [-0.39, 0.29) is 11.8 Å². The highest BCUT2D eigenvalue weighted by molar-refractivity contribution is 6.33. The summed E-state index contributed by atoms with van der Waals surface area (Å²) in [5, 5.41) is 0.507. The molecule has 0 aromatic carbocycles. The van der Waals surface area contributed by atoms with Crippen molar-refractivity contribution in [2.24, 2.45) is 11.7 Å². The molecule has 1 aromatic heterocycles. The molecule has 1 amide bonds. The third kappa shape index (κ3) is 2.44. The lowest BCUT2D eigenvalue weighted by Crippen LogP contribution is -2.39. The van der Waals surface area contributed by atoms with Crippen LogP contribution in [-0.2, 0) is 4.79 Å². The number of rotatable bonds is 2. The van der Waals surface area contributed by atoms with E-state index in [4.69, 9.17) is 23.1 Å². The third-order valence-corrected chi connectivity index (χ3v) is 3.44. The Morgan fingerprint density at radius 3 is 2.71 bits per heavy atom. The van der Waals surface area contributed by atoms with E-state index in [1.165, 1.54) is 0 Å². The molecule has 1 aromatic rings. The molecule has 1 saturated heterocycles. The van der Waals surface area contributed by atoms with E-state index in [1.807, 2.05) is 4.90 Å². The average molecular weight is 255 g/mol. The molecule has 2 heterocycles. The lowest BCUT2D eigenvalue weighted by molar-refractivity contribution is -0.122. The number of amides is 1. The molecule has 1 fully saturated rings. The van der Waals surface area contributed by atoms with Gasteiger partial charge in [0.25, 0.3) is 0 Å². The molecule has 0 atom stereocenters. The maximum atomic E-state index is 11.1. The maximum Gasteiger partial charge on any atom is 0.220 e. The second-order valence-electron chi connectivity index (χ2n) is 4.19. The first-order chi connectivity index (χ1) is 8.09. The van der Waals surface area contributed by atoms with Crippen LogP contribution in [0, 0.1) is 5.92 Å². The second-order valence-corrected chi connectivity index (χ2v) is 4.60. The fourth-order valence-electron chi connectivity index (χ4n) is 2.07. The van der Waals surface area contributed by atoms with Crippen molar-refractivity contribution in [1.82, 2.24) is 4.98 Å². The molecular formula is C11H15ClN4O. The number of anilines is 2. The Kier molecular flexibility index (Phi) is 3.38. The minimum Gasteiger partial charge on any atom is -0.395 e. The van der Waals surface area contributed by atoms with Gasteiger partial charge in [0.15, 0.2) is 5.82 Å². The third-order valence-electron chi connectivity index (χ3n) is 3.11. The van der Waals surface area contributed by atoms with Crippen LogP contribution in [0.15, 0.2) is 12.3 Å². The number of halogens is 1. The Labute approximate surface area is 105 Å². The zero-order chi connectivity index (χ0) is 12.4. The number of hydrogen-bond acceptors (Lipinski definition) is 4. The summed E-state index contributed by atoms with van der Waals surface area (Å²) in [7, 11) is 0. The topological polar surface area (TPSA) is 85.2 Å². The number of piperidine rings is 1. The second kappa shape index (κ2) is 4.79. The molecule has 0 bridgehead atoms. The predicted molar refractivity (Wildman–Crippen MR) is 67.8 cm³/mol. The largest absolute Gasteiger partial charge is 0.395 e. The molecule has 6 heteroatoms. The summed E-state index contributed by atoms with van der Waals surface area (Å²) in [6, 6.07) is 1.66. The number of pyridine rings is 1. The molecule has 0 saturated carbocycles. The van der Waals surface area contributed by atoms with Crippen LogP contribution in [0.1, 0.15) is 12.8 Å². The van der Waals surface area contributed by atoms with Crippen molar-refractivity contribution in [3.8, 4) is 0 Å². The Hall–Kier alpha value is -1.49. The van der Waals surface area contributed by atoms with Gasteiger partial charge in [0.2, 0.25) is 5.91 Å². The fourth-order valence-corrected chi connectivity index (χ4v) is 2.21. The van der Waals surface area contributed by atoms with Gasteiger partial charge in [-0.3, -0.25) is 4.79 Å². The molecule has 0 unspecified atom stereocenters. The summed E-state index contributed by atoms with van der Waals surface area (Å²) in [5.74, 6) is 0.434. The Balaban J connectivity index is 2.10. The smallest absolute Gasteiger partial charge is 0.220 e. The number of nitrogen functional groups attached to an aromatic ring is 1. The molecule has 0 aliphatic carbocycles. The summed E-state index contributed by atoms with van der Waals surface area (Å²) in [6.45, 7) is 1.45. The summed E-state index contributed by atoms with van der Waals surface area (Å²) < 4.78 is 0. The van der Waals surface area contributed by atoms with Crippen LogP contribution < -0.4 is 16.4 Å².